The molecule has 0 aromatic heterocycles. The normalized spacial score (nSPS) is 34.9. The largest absolute Gasteiger partial charge is 0.455 e. The van der Waals surface area contributed by atoms with E-state index < -0.39 is 34.8 Å². The summed E-state index contributed by atoms with van der Waals surface area (Å²) in [6.45, 7) is 15.9. The lowest BCUT2D eigenvalue weighted by Crippen LogP contribution is -2.58. The molecule has 0 aromatic carbocycles. The number of carbonyl (C=O) groups excluding carboxylic acids is 3. The van der Waals surface area contributed by atoms with Crippen LogP contribution in [0, 0.1) is 16.7 Å². The third-order valence-corrected chi connectivity index (χ3v) is 6.93. The van der Waals surface area contributed by atoms with Gasteiger partial charge in [0.05, 0.1) is 5.92 Å². The number of ether oxygens (including phenoxy) is 3. The average molecular weight is 424 g/mol. The molecule has 4 rings (SSSR count). The minimum absolute atomic E-state index is 0.00751. The lowest BCUT2D eigenvalue weighted by atomic mass is 9.74. The Bertz CT molecular complexity index is 751. The summed E-state index contributed by atoms with van der Waals surface area (Å²) in [5.41, 5.74) is -3.30. The second-order valence-corrected chi connectivity index (χ2v) is 11.9. The highest BCUT2D eigenvalue weighted by molar-refractivity contribution is 5.90. The molecule has 0 radical (unpaired) electrons. The average Bonchev–Trinajstić information content (AvgIpc) is 3.16. The number of fused-ring (bicyclic) bond motifs is 3. The zero-order valence-electron chi connectivity index (χ0n) is 19.6. The van der Waals surface area contributed by atoms with E-state index in [2.05, 4.69) is 26.1 Å². The van der Waals surface area contributed by atoms with Crippen molar-refractivity contribution >= 4 is 17.9 Å². The molecular formula is C23H37NO6. The zero-order chi connectivity index (χ0) is 22.8. The van der Waals surface area contributed by atoms with Gasteiger partial charge in [-0.25, -0.2) is 9.59 Å². The lowest BCUT2D eigenvalue weighted by molar-refractivity contribution is -0.225. The van der Waals surface area contributed by atoms with Gasteiger partial charge < -0.3 is 19.5 Å². The standard InChI is InChI=1S/C23H37NO6/c1-19(2,3)13-24-23(12-20(23,4)5)18(27)30-21(6,7)17(26)28-15-11-14-9-10-22(15,8)29-16(14)25/h14-15,24H,9-13H2,1-8H3. The molecule has 0 aromatic rings. The first-order chi connectivity index (χ1) is 13.5. The van der Waals surface area contributed by atoms with Crippen molar-refractivity contribution in [2.45, 2.75) is 104 Å². The fourth-order valence-electron chi connectivity index (χ4n) is 4.45. The Morgan fingerprint density at radius 3 is 2.23 bits per heavy atom. The van der Waals surface area contributed by atoms with E-state index in [4.69, 9.17) is 14.2 Å². The van der Waals surface area contributed by atoms with E-state index in [0.29, 0.717) is 25.8 Å². The number of rotatable bonds is 6. The highest BCUT2D eigenvalue weighted by atomic mass is 16.6. The Labute approximate surface area is 179 Å². The Morgan fingerprint density at radius 1 is 1.17 bits per heavy atom. The van der Waals surface area contributed by atoms with Crippen LogP contribution in [0.1, 0.15) is 81.1 Å². The number of carbonyl (C=O) groups is 3. The molecule has 2 saturated heterocycles. The number of hydrogen-bond acceptors (Lipinski definition) is 7. The highest BCUT2D eigenvalue weighted by Gasteiger charge is 2.68. The molecule has 0 spiro atoms. The quantitative estimate of drug-likeness (QED) is 0.518. The molecule has 0 amide bonds. The van der Waals surface area contributed by atoms with Gasteiger partial charge in [0, 0.05) is 13.0 Å². The van der Waals surface area contributed by atoms with Crippen molar-refractivity contribution in [3.8, 4) is 0 Å². The summed E-state index contributed by atoms with van der Waals surface area (Å²) in [5.74, 6) is -1.49. The second kappa shape index (κ2) is 6.94. The van der Waals surface area contributed by atoms with E-state index in [1.165, 1.54) is 0 Å². The van der Waals surface area contributed by atoms with Gasteiger partial charge >= 0.3 is 17.9 Å². The summed E-state index contributed by atoms with van der Waals surface area (Å²) >= 11 is 0. The van der Waals surface area contributed by atoms with Crippen LogP contribution in [0.25, 0.3) is 0 Å². The van der Waals surface area contributed by atoms with E-state index in [0.717, 1.165) is 6.42 Å². The summed E-state index contributed by atoms with van der Waals surface area (Å²) in [4.78, 5) is 38.0. The number of esters is 3. The maximum Gasteiger partial charge on any atom is 0.350 e. The van der Waals surface area contributed by atoms with Gasteiger partial charge in [0.1, 0.15) is 17.2 Å². The molecule has 30 heavy (non-hydrogen) atoms. The van der Waals surface area contributed by atoms with Crippen LogP contribution in [-0.4, -0.2) is 47.3 Å². The topological polar surface area (TPSA) is 90.9 Å². The van der Waals surface area contributed by atoms with Gasteiger partial charge in [0.2, 0.25) is 5.60 Å². The van der Waals surface area contributed by atoms with E-state index >= 15 is 0 Å². The minimum atomic E-state index is -1.44. The monoisotopic (exact) mass is 423 g/mol. The van der Waals surface area contributed by atoms with Crippen molar-refractivity contribution in [2.75, 3.05) is 6.54 Å². The fourth-order valence-corrected chi connectivity index (χ4v) is 4.45. The second-order valence-electron chi connectivity index (χ2n) is 11.9. The van der Waals surface area contributed by atoms with Gasteiger partial charge in [-0.1, -0.05) is 34.6 Å². The molecule has 4 unspecified atom stereocenters. The SMILES string of the molecule is CC(C)(C)CNC1(C(=O)OC(C)(C)C(=O)OC2CC3CCC2(C)OC3=O)CC1(C)C. The predicted octanol–water partition coefficient (Wildman–Crippen LogP) is 3.14. The van der Waals surface area contributed by atoms with Crippen molar-refractivity contribution < 1.29 is 28.6 Å². The summed E-state index contributed by atoms with van der Waals surface area (Å²) < 4.78 is 16.9. The maximum atomic E-state index is 13.1. The molecule has 4 atom stereocenters. The molecule has 2 bridgehead atoms. The first-order valence-corrected chi connectivity index (χ1v) is 10.9. The smallest absolute Gasteiger partial charge is 0.350 e. The molecular weight excluding hydrogens is 386 g/mol. The van der Waals surface area contributed by atoms with Crippen LogP contribution in [0.15, 0.2) is 0 Å². The Morgan fingerprint density at radius 2 is 1.77 bits per heavy atom. The van der Waals surface area contributed by atoms with Crippen LogP contribution < -0.4 is 5.32 Å². The highest BCUT2D eigenvalue weighted by Crippen LogP contribution is 2.57. The molecule has 2 heterocycles. The molecule has 7 heteroatoms. The van der Waals surface area contributed by atoms with Gasteiger partial charge in [0.15, 0.2) is 0 Å². The maximum absolute atomic E-state index is 13.1. The first kappa shape index (κ1) is 23.0. The van der Waals surface area contributed by atoms with Crippen LogP contribution >= 0.6 is 0 Å². The van der Waals surface area contributed by atoms with Gasteiger partial charge in [-0.15, -0.1) is 0 Å². The van der Waals surface area contributed by atoms with Crippen LogP contribution in [0.2, 0.25) is 0 Å². The summed E-state index contributed by atoms with van der Waals surface area (Å²) in [6.07, 6.45) is 1.99. The molecule has 170 valence electrons. The third-order valence-electron chi connectivity index (χ3n) is 6.93. The summed E-state index contributed by atoms with van der Waals surface area (Å²) in [5, 5.41) is 3.39. The van der Waals surface area contributed by atoms with Crippen molar-refractivity contribution in [3.63, 3.8) is 0 Å². The van der Waals surface area contributed by atoms with Crippen LogP contribution in [0.3, 0.4) is 0 Å². The summed E-state index contributed by atoms with van der Waals surface area (Å²) in [7, 11) is 0. The molecule has 1 N–H and O–H groups in total. The minimum Gasteiger partial charge on any atom is -0.455 e. The van der Waals surface area contributed by atoms with E-state index in [9.17, 15) is 14.4 Å². The Balaban J connectivity index is 1.66. The van der Waals surface area contributed by atoms with Crippen molar-refractivity contribution in [1.82, 2.24) is 5.32 Å². The van der Waals surface area contributed by atoms with Crippen LogP contribution in [0.5, 0.6) is 0 Å². The Kier molecular flexibility index (Phi) is 5.33. The third kappa shape index (κ3) is 4.10. The molecule has 4 aliphatic rings. The predicted molar refractivity (Wildman–Crippen MR) is 110 cm³/mol. The fraction of sp³-hybridized carbons (Fsp3) is 0.870. The van der Waals surface area contributed by atoms with Crippen molar-refractivity contribution in [3.05, 3.63) is 0 Å². The lowest BCUT2D eigenvalue weighted by Gasteiger charge is -2.48. The summed E-state index contributed by atoms with van der Waals surface area (Å²) in [6, 6.07) is 0. The van der Waals surface area contributed by atoms with Gasteiger partial charge in [-0.05, 0) is 50.9 Å². The van der Waals surface area contributed by atoms with Crippen molar-refractivity contribution in [1.29, 1.82) is 0 Å². The Hall–Kier alpha value is -1.63. The van der Waals surface area contributed by atoms with Gasteiger partial charge in [0.25, 0.3) is 0 Å². The molecule has 2 aliphatic heterocycles. The van der Waals surface area contributed by atoms with Crippen LogP contribution in [0.4, 0.5) is 0 Å². The first-order valence-electron chi connectivity index (χ1n) is 10.9. The van der Waals surface area contributed by atoms with E-state index in [-0.39, 0.29) is 22.7 Å². The van der Waals surface area contributed by atoms with Crippen LogP contribution in [-0.2, 0) is 28.6 Å². The van der Waals surface area contributed by atoms with E-state index in [1.807, 2.05) is 13.8 Å². The molecule has 2 aliphatic carbocycles. The molecule has 2 saturated carbocycles. The number of hydrogen-bond donors (Lipinski definition) is 1. The zero-order valence-corrected chi connectivity index (χ0v) is 19.6. The van der Waals surface area contributed by atoms with Gasteiger partial charge in [-0.2, -0.15) is 0 Å². The molecule has 4 fully saturated rings. The van der Waals surface area contributed by atoms with Gasteiger partial charge in [-0.3, -0.25) is 4.79 Å². The van der Waals surface area contributed by atoms with E-state index in [1.54, 1.807) is 20.8 Å². The molecule has 7 nitrogen and oxygen atoms in total. The van der Waals surface area contributed by atoms with Crippen molar-refractivity contribution in [2.24, 2.45) is 16.7 Å². The number of nitrogens with one attached hydrogen (secondary N) is 1.